The van der Waals surface area contributed by atoms with Crippen LogP contribution in [-0.2, 0) is 4.79 Å². The molecule has 0 aromatic heterocycles. The molecule has 2 atom stereocenters. The summed E-state index contributed by atoms with van der Waals surface area (Å²) in [6.07, 6.45) is 9.35. The molecule has 4 nitrogen and oxygen atoms in total. The van der Waals surface area contributed by atoms with E-state index in [2.05, 4.69) is 16.3 Å². The molecular weight excluding hydrogens is 250 g/mol. The summed E-state index contributed by atoms with van der Waals surface area (Å²) in [5, 5.41) is 12.8. The van der Waals surface area contributed by atoms with Gasteiger partial charge in [0.25, 0.3) is 0 Å². The standard InChI is InChI=1S/C16H25N3O/c17-12-16(8-3-1-2-4-9-16)15(20)18-13-7-11-19-10-5-6-14(13)19/h13-14H,1-11H2,(H,18,20). The van der Waals surface area contributed by atoms with Crippen LogP contribution in [0.4, 0.5) is 0 Å². The molecule has 0 spiro atoms. The molecular formula is C16H25N3O. The van der Waals surface area contributed by atoms with Crippen LogP contribution in [0.25, 0.3) is 0 Å². The van der Waals surface area contributed by atoms with Crippen molar-refractivity contribution in [2.45, 2.75) is 69.9 Å². The number of fused-ring (bicyclic) bond motifs is 1. The van der Waals surface area contributed by atoms with Gasteiger partial charge in [0.1, 0.15) is 5.41 Å². The van der Waals surface area contributed by atoms with Crippen molar-refractivity contribution in [2.24, 2.45) is 5.41 Å². The molecule has 3 aliphatic rings. The molecule has 4 heteroatoms. The van der Waals surface area contributed by atoms with E-state index in [-0.39, 0.29) is 11.9 Å². The summed E-state index contributed by atoms with van der Waals surface area (Å²) in [4.78, 5) is 15.2. The van der Waals surface area contributed by atoms with Crippen LogP contribution in [0, 0.1) is 16.7 Å². The first-order chi connectivity index (χ1) is 9.75. The Hall–Kier alpha value is -1.08. The second kappa shape index (κ2) is 5.73. The predicted molar refractivity (Wildman–Crippen MR) is 76.9 cm³/mol. The van der Waals surface area contributed by atoms with Gasteiger partial charge in [-0.25, -0.2) is 0 Å². The van der Waals surface area contributed by atoms with Crippen LogP contribution in [0.1, 0.15) is 57.8 Å². The molecule has 2 unspecified atom stereocenters. The van der Waals surface area contributed by atoms with Gasteiger partial charge in [-0.3, -0.25) is 9.69 Å². The first kappa shape index (κ1) is 13.9. The number of nitriles is 1. The number of nitrogens with one attached hydrogen (secondary N) is 1. The quantitative estimate of drug-likeness (QED) is 0.786. The number of rotatable bonds is 2. The first-order valence-electron chi connectivity index (χ1n) is 8.21. The van der Waals surface area contributed by atoms with E-state index in [1.165, 1.54) is 19.4 Å². The lowest BCUT2D eigenvalue weighted by Crippen LogP contribution is -2.48. The van der Waals surface area contributed by atoms with Gasteiger partial charge in [-0.05, 0) is 38.6 Å². The average Bonchev–Trinajstić information content (AvgIpc) is 2.97. The molecule has 0 bridgehead atoms. The zero-order chi connectivity index (χ0) is 14.0. The fourth-order valence-electron chi connectivity index (χ4n) is 4.28. The third-order valence-electron chi connectivity index (χ3n) is 5.53. The van der Waals surface area contributed by atoms with E-state index in [4.69, 9.17) is 0 Å². The fourth-order valence-corrected chi connectivity index (χ4v) is 4.28. The second-order valence-corrected chi connectivity index (χ2v) is 6.72. The molecule has 1 saturated carbocycles. The minimum absolute atomic E-state index is 0.0145. The van der Waals surface area contributed by atoms with Crippen molar-refractivity contribution < 1.29 is 4.79 Å². The zero-order valence-corrected chi connectivity index (χ0v) is 12.2. The van der Waals surface area contributed by atoms with E-state index in [0.717, 1.165) is 51.5 Å². The third-order valence-corrected chi connectivity index (χ3v) is 5.53. The summed E-state index contributed by atoms with van der Waals surface area (Å²) in [6, 6.07) is 3.17. The number of hydrogen-bond acceptors (Lipinski definition) is 3. The molecule has 0 aromatic rings. The molecule has 2 heterocycles. The summed E-state index contributed by atoms with van der Waals surface area (Å²) in [6.45, 7) is 2.29. The molecule has 110 valence electrons. The van der Waals surface area contributed by atoms with E-state index in [9.17, 15) is 10.1 Å². The maximum atomic E-state index is 12.7. The lowest BCUT2D eigenvalue weighted by atomic mass is 9.80. The van der Waals surface area contributed by atoms with E-state index in [0.29, 0.717) is 6.04 Å². The van der Waals surface area contributed by atoms with E-state index < -0.39 is 5.41 Å². The largest absolute Gasteiger partial charge is 0.350 e. The lowest BCUT2D eigenvalue weighted by molar-refractivity contribution is -0.129. The number of nitrogens with zero attached hydrogens (tertiary/aromatic N) is 2. The van der Waals surface area contributed by atoms with Crippen molar-refractivity contribution in [3.63, 3.8) is 0 Å². The Morgan fingerprint density at radius 2 is 1.85 bits per heavy atom. The van der Waals surface area contributed by atoms with Gasteiger partial charge in [0.05, 0.1) is 6.07 Å². The minimum Gasteiger partial charge on any atom is -0.350 e. The van der Waals surface area contributed by atoms with Gasteiger partial charge in [-0.2, -0.15) is 5.26 Å². The minimum atomic E-state index is -0.747. The zero-order valence-electron chi connectivity index (χ0n) is 12.2. The lowest BCUT2D eigenvalue weighted by Gasteiger charge is -2.28. The fraction of sp³-hybridized carbons (Fsp3) is 0.875. The van der Waals surface area contributed by atoms with Crippen LogP contribution in [0.2, 0.25) is 0 Å². The van der Waals surface area contributed by atoms with E-state index >= 15 is 0 Å². The van der Waals surface area contributed by atoms with Crippen molar-refractivity contribution in [3.05, 3.63) is 0 Å². The highest BCUT2D eigenvalue weighted by atomic mass is 16.2. The summed E-state index contributed by atoms with van der Waals surface area (Å²) in [5.74, 6) is 0.0145. The van der Waals surface area contributed by atoms with Gasteiger partial charge in [0.2, 0.25) is 5.91 Å². The Morgan fingerprint density at radius 1 is 1.10 bits per heavy atom. The first-order valence-corrected chi connectivity index (χ1v) is 8.21. The summed E-state index contributed by atoms with van der Waals surface area (Å²) in [5.41, 5.74) is -0.747. The normalized spacial score (nSPS) is 33.1. The molecule has 1 amide bonds. The van der Waals surface area contributed by atoms with Crippen molar-refractivity contribution in [1.82, 2.24) is 10.2 Å². The Labute approximate surface area is 121 Å². The SMILES string of the molecule is N#CC1(C(=O)NC2CCN3CCCC23)CCCCCC1. The van der Waals surface area contributed by atoms with Gasteiger partial charge in [-0.1, -0.05) is 25.7 Å². The Kier molecular flexibility index (Phi) is 3.98. The molecule has 2 saturated heterocycles. The number of hydrogen-bond donors (Lipinski definition) is 1. The maximum absolute atomic E-state index is 12.7. The molecule has 3 fully saturated rings. The van der Waals surface area contributed by atoms with Gasteiger partial charge >= 0.3 is 0 Å². The van der Waals surface area contributed by atoms with Gasteiger partial charge in [0, 0.05) is 18.6 Å². The maximum Gasteiger partial charge on any atom is 0.240 e. The van der Waals surface area contributed by atoms with Crippen LogP contribution >= 0.6 is 0 Å². The molecule has 1 N–H and O–H groups in total. The van der Waals surface area contributed by atoms with E-state index in [1.54, 1.807) is 0 Å². The number of carbonyl (C=O) groups is 1. The van der Waals surface area contributed by atoms with Crippen LogP contribution in [0.3, 0.4) is 0 Å². The Bertz CT molecular complexity index is 406. The highest BCUT2D eigenvalue weighted by molar-refractivity contribution is 5.85. The van der Waals surface area contributed by atoms with Crippen LogP contribution < -0.4 is 5.32 Å². The average molecular weight is 275 g/mol. The molecule has 2 aliphatic heterocycles. The molecule has 1 aliphatic carbocycles. The van der Waals surface area contributed by atoms with Crippen LogP contribution in [0.5, 0.6) is 0 Å². The van der Waals surface area contributed by atoms with Gasteiger partial charge in [-0.15, -0.1) is 0 Å². The smallest absolute Gasteiger partial charge is 0.240 e. The predicted octanol–water partition coefficient (Wildman–Crippen LogP) is 2.20. The van der Waals surface area contributed by atoms with Crippen molar-refractivity contribution >= 4 is 5.91 Å². The van der Waals surface area contributed by atoms with Gasteiger partial charge < -0.3 is 5.32 Å². The van der Waals surface area contributed by atoms with Crippen LogP contribution in [-0.4, -0.2) is 36.0 Å². The molecule has 0 aromatic carbocycles. The van der Waals surface area contributed by atoms with Crippen molar-refractivity contribution in [3.8, 4) is 6.07 Å². The van der Waals surface area contributed by atoms with Gasteiger partial charge in [0.15, 0.2) is 0 Å². The molecule has 20 heavy (non-hydrogen) atoms. The topological polar surface area (TPSA) is 56.1 Å². The second-order valence-electron chi connectivity index (χ2n) is 6.72. The van der Waals surface area contributed by atoms with Crippen molar-refractivity contribution in [1.29, 1.82) is 5.26 Å². The number of carbonyl (C=O) groups excluding carboxylic acids is 1. The summed E-state index contributed by atoms with van der Waals surface area (Å²) in [7, 11) is 0. The molecule has 0 radical (unpaired) electrons. The highest BCUT2D eigenvalue weighted by Gasteiger charge is 2.43. The summed E-state index contributed by atoms with van der Waals surface area (Å²) < 4.78 is 0. The third kappa shape index (κ3) is 2.44. The Balaban J connectivity index is 1.66. The summed E-state index contributed by atoms with van der Waals surface area (Å²) >= 11 is 0. The number of amides is 1. The Morgan fingerprint density at radius 3 is 2.55 bits per heavy atom. The molecule has 3 rings (SSSR count). The van der Waals surface area contributed by atoms with E-state index in [1.807, 2.05) is 0 Å². The van der Waals surface area contributed by atoms with Crippen LogP contribution in [0.15, 0.2) is 0 Å². The highest BCUT2D eigenvalue weighted by Crippen LogP contribution is 2.36. The van der Waals surface area contributed by atoms with Crippen molar-refractivity contribution in [2.75, 3.05) is 13.1 Å². The monoisotopic (exact) mass is 275 g/mol.